The van der Waals surface area contributed by atoms with E-state index in [1.807, 2.05) is 23.8 Å². The summed E-state index contributed by atoms with van der Waals surface area (Å²) in [5.74, 6) is 1.11. The van der Waals surface area contributed by atoms with Crippen molar-refractivity contribution < 1.29 is 19.5 Å². The molecule has 3 aliphatic rings. The van der Waals surface area contributed by atoms with Crippen LogP contribution < -0.4 is 10.2 Å². The van der Waals surface area contributed by atoms with Gasteiger partial charge < -0.3 is 25.0 Å². The Balaban J connectivity index is 0.000000142. The molecule has 0 atom stereocenters. The van der Waals surface area contributed by atoms with E-state index in [1.165, 1.54) is 16.8 Å². The number of anilines is 2. The number of aliphatic hydroxyl groups is 2. The number of carbonyl (C=O) groups is 1. The predicted molar refractivity (Wildman–Crippen MR) is 144 cm³/mol. The second-order valence-electron chi connectivity index (χ2n) is 11.6. The van der Waals surface area contributed by atoms with Gasteiger partial charge in [0.25, 0.3) is 0 Å². The minimum atomic E-state index is -0.419. The second kappa shape index (κ2) is 9.42. The molecule has 2 saturated carbocycles. The van der Waals surface area contributed by atoms with Gasteiger partial charge in [0.1, 0.15) is 0 Å². The molecular formula is C28H33N7O4. The van der Waals surface area contributed by atoms with E-state index in [2.05, 4.69) is 49.5 Å². The highest BCUT2D eigenvalue weighted by Crippen LogP contribution is 2.54. The van der Waals surface area contributed by atoms with Crippen molar-refractivity contribution in [3.05, 3.63) is 53.9 Å². The van der Waals surface area contributed by atoms with Crippen LogP contribution in [-0.2, 0) is 4.79 Å². The Morgan fingerprint density at radius 3 is 2.64 bits per heavy atom. The zero-order valence-electron chi connectivity index (χ0n) is 22.3. The molecule has 1 spiro atoms. The van der Waals surface area contributed by atoms with Crippen LogP contribution in [-0.4, -0.2) is 66.2 Å². The summed E-state index contributed by atoms with van der Waals surface area (Å²) in [5, 5.41) is 30.0. The first-order valence-electron chi connectivity index (χ1n) is 13.2. The Kier molecular flexibility index (Phi) is 6.15. The smallest absolute Gasteiger partial charge is 0.230 e. The second-order valence-corrected chi connectivity index (χ2v) is 11.6. The number of aliphatic hydroxyl groups excluding tert-OH is 1. The summed E-state index contributed by atoms with van der Waals surface area (Å²) in [6, 6.07) is 6.09. The average molecular weight is 532 g/mol. The monoisotopic (exact) mass is 531 g/mol. The number of fused-ring (bicyclic) bond motifs is 1. The molecule has 3 N–H and O–H groups in total. The first-order valence-corrected chi connectivity index (χ1v) is 13.2. The molecule has 1 amide bonds. The number of hydrogen-bond donors (Lipinski definition) is 3. The minimum absolute atomic E-state index is 0.136. The van der Waals surface area contributed by atoms with Gasteiger partial charge in [-0.3, -0.25) is 9.78 Å². The Morgan fingerprint density at radius 1 is 1.18 bits per heavy atom. The lowest BCUT2D eigenvalue weighted by atomic mass is 9.56. The van der Waals surface area contributed by atoms with Crippen LogP contribution in [0.25, 0.3) is 16.9 Å². The van der Waals surface area contributed by atoms with Gasteiger partial charge in [-0.05, 0) is 70.2 Å². The quantitative estimate of drug-likeness (QED) is 0.331. The number of amides is 1. The molecule has 11 nitrogen and oxygen atoms in total. The van der Waals surface area contributed by atoms with Crippen LogP contribution in [0.2, 0.25) is 0 Å². The van der Waals surface area contributed by atoms with Crippen LogP contribution in [0.3, 0.4) is 0 Å². The Morgan fingerprint density at radius 2 is 1.95 bits per heavy atom. The van der Waals surface area contributed by atoms with Crippen LogP contribution in [0, 0.1) is 19.3 Å². The van der Waals surface area contributed by atoms with Gasteiger partial charge >= 0.3 is 0 Å². The van der Waals surface area contributed by atoms with Crippen molar-refractivity contribution in [3.63, 3.8) is 0 Å². The number of hydrogen-bond acceptors (Lipinski definition) is 9. The molecule has 4 aromatic rings. The molecule has 7 rings (SSSR count). The van der Waals surface area contributed by atoms with Gasteiger partial charge in [-0.25, -0.2) is 4.52 Å². The predicted octanol–water partition coefficient (Wildman–Crippen LogP) is 3.24. The highest BCUT2D eigenvalue weighted by Gasteiger charge is 2.57. The van der Waals surface area contributed by atoms with E-state index in [0.717, 1.165) is 25.9 Å². The van der Waals surface area contributed by atoms with Gasteiger partial charge in [-0.2, -0.15) is 10.1 Å². The number of aryl methyl sites for hydroxylation is 2. The number of nitrogens with zero attached hydrogens (tertiary/aromatic N) is 6. The topological polar surface area (TPSA) is 142 Å². The third-order valence-electron chi connectivity index (χ3n) is 8.09. The van der Waals surface area contributed by atoms with Gasteiger partial charge in [-0.15, -0.1) is 0 Å². The molecule has 5 heterocycles. The number of pyridine rings is 2. The highest BCUT2D eigenvalue weighted by atomic mass is 16.5. The molecule has 0 bridgehead atoms. The molecule has 204 valence electrons. The van der Waals surface area contributed by atoms with E-state index in [1.54, 1.807) is 19.2 Å². The van der Waals surface area contributed by atoms with Crippen LogP contribution in [0.15, 0.2) is 41.3 Å². The number of carbonyl (C=O) groups excluding carboxylic acids is 1. The third kappa shape index (κ3) is 4.87. The maximum atomic E-state index is 10.5. The molecule has 0 unspecified atom stereocenters. The largest absolute Gasteiger partial charge is 0.393 e. The first kappa shape index (κ1) is 25.4. The van der Waals surface area contributed by atoms with Crippen molar-refractivity contribution in [3.8, 4) is 11.4 Å². The van der Waals surface area contributed by atoms with Gasteiger partial charge in [0.15, 0.2) is 0 Å². The molecule has 39 heavy (non-hydrogen) atoms. The fourth-order valence-corrected chi connectivity index (χ4v) is 6.19. The van der Waals surface area contributed by atoms with E-state index in [4.69, 9.17) is 4.52 Å². The average Bonchev–Trinajstić information content (AvgIpc) is 3.48. The summed E-state index contributed by atoms with van der Waals surface area (Å²) in [6.45, 7) is 7.99. The van der Waals surface area contributed by atoms with Crippen LogP contribution in [0.5, 0.6) is 0 Å². The molecule has 1 saturated heterocycles. The first-order chi connectivity index (χ1) is 18.6. The lowest BCUT2D eigenvalue weighted by Gasteiger charge is -2.62. The molecule has 2 aliphatic carbocycles. The van der Waals surface area contributed by atoms with Crippen LogP contribution >= 0.6 is 0 Å². The lowest BCUT2D eigenvalue weighted by Crippen LogP contribution is -2.67. The standard InChI is InChI=1S/C15H19N3O.C13H14N4O3/c1-11-6-16-18-4-3-12(5-13(11)18)17-9-15(10-17)7-14(2,19)8-15;1-7-11(15-6-18)4-9(5-14-7)12-16-13(20-17-12)8-2-10(19)3-8/h3-6,19H,7-10H2,1-2H3;4-6,8,10,19H,2-3H2,1H3,(H,15,18). The molecule has 3 fully saturated rings. The van der Waals surface area contributed by atoms with Crippen molar-refractivity contribution in [2.75, 3.05) is 23.3 Å². The maximum absolute atomic E-state index is 10.5. The van der Waals surface area contributed by atoms with E-state index >= 15 is 0 Å². The Hall–Kier alpha value is -3.83. The van der Waals surface area contributed by atoms with E-state index < -0.39 is 5.60 Å². The number of aromatic nitrogens is 5. The summed E-state index contributed by atoms with van der Waals surface area (Å²) in [5.41, 5.74) is 5.63. The molecule has 0 aromatic carbocycles. The number of nitrogens with one attached hydrogen (secondary N) is 1. The van der Waals surface area contributed by atoms with Gasteiger partial charge in [0.2, 0.25) is 18.1 Å². The van der Waals surface area contributed by atoms with Crippen LogP contribution in [0.1, 0.15) is 55.7 Å². The maximum Gasteiger partial charge on any atom is 0.230 e. The summed E-state index contributed by atoms with van der Waals surface area (Å²) >= 11 is 0. The minimum Gasteiger partial charge on any atom is -0.393 e. The van der Waals surface area contributed by atoms with Gasteiger partial charge in [0, 0.05) is 48.1 Å². The van der Waals surface area contributed by atoms with Gasteiger partial charge in [-0.1, -0.05) is 5.16 Å². The summed E-state index contributed by atoms with van der Waals surface area (Å²) in [7, 11) is 0. The summed E-state index contributed by atoms with van der Waals surface area (Å²) < 4.78 is 7.13. The normalized spacial score (nSPS) is 22.3. The summed E-state index contributed by atoms with van der Waals surface area (Å²) in [6.07, 6.45) is 9.12. The van der Waals surface area contributed by atoms with E-state index in [9.17, 15) is 15.0 Å². The third-order valence-corrected chi connectivity index (χ3v) is 8.09. The van der Waals surface area contributed by atoms with Crippen LogP contribution in [0.4, 0.5) is 11.4 Å². The SMILES string of the molecule is Cc1cnn2ccc(N3CC4(C3)CC(C)(O)C4)cc12.Cc1ncc(-c2noc(C3CC(O)C3)n2)cc1NC=O. The van der Waals surface area contributed by atoms with Crippen molar-refractivity contribution >= 4 is 23.3 Å². The Bertz CT molecular complexity index is 1510. The summed E-state index contributed by atoms with van der Waals surface area (Å²) in [4.78, 5) is 21.5. The molecule has 4 aromatic heterocycles. The van der Waals surface area contributed by atoms with Crippen molar-refractivity contribution in [1.82, 2.24) is 24.7 Å². The zero-order valence-corrected chi connectivity index (χ0v) is 22.3. The van der Waals surface area contributed by atoms with Gasteiger partial charge in [0.05, 0.1) is 34.8 Å². The van der Waals surface area contributed by atoms with Crippen molar-refractivity contribution in [1.29, 1.82) is 0 Å². The Labute approximate surface area is 225 Å². The fourth-order valence-electron chi connectivity index (χ4n) is 6.19. The zero-order chi connectivity index (χ0) is 27.4. The molecule has 0 radical (unpaired) electrons. The molecule has 11 heteroatoms. The highest BCUT2D eigenvalue weighted by molar-refractivity contribution is 5.75. The van der Waals surface area contributed by atoms with E-state index in [-0.39, 0.29) is 12.0 Å². The van der Waals surface area contributed by atoms with E-state index in [0.29, 0.717) is 53.3 Å². The van der Waals surface area contributed by atoms with Crippen molar-refractivity contribution in [2.24, 2.45) is 5.41 Å². The fraction of sp³-hybridized carbons (Fsp3) is 0.464. The number of rotatable bonds is 5. The van der Waals surface area contributed by atoms with Crippen molar-refractivity contribution in [2.45, 2.75) is 64.1 Å². The lowest BCUT2D eigenvalue weighted by molar-refractivity contribution is -0.126. The molecule has 1 aliphatic heterocycles. The molecular weight excluding hydrogens is 498 g/mol.